The Labute approximate surface area is 150 Å². The van der Waals surface area contributed by atoms with Crippen LogP contribution >= 0.6 is 0 Å². The van der Waals surface area contributed by atoms with E-state index < -0.39 is 11.4 Å². The number of carboxylic acid groups (broad SMARTS) is 1. The molecule has 0 unspecified atom stereocenters. The second-order valence-electron chi connectivity index (χ2n) is 6.92. The zero-order chi connectivity index (χ0) is 18.3. The summed E-state index contributed by atoms with van der Waals surface area (Å²) in [5.74, 6) is -0.710. The van der Waals surface area contributed by atoms with E-state index in [1.54, 1.807) is 4.57 Å². The average Bonchev–Trinajstić information content (AvgIpc) is 3.04. The summed E-state index contributed by atoms with van der Waals surface area (Å²) in [4.78, 5) is 28.4. The van der Waals surface area contributed by atoms with Crippen LogP contribution in [0.15, 0.2) is 47.5 Å². The average molecular weight is 348 g/mol. The second kappa shape index (κ2) is 6.41. The Balaban J connectivity index is 1.71. The zero-order valence-corrected chi connectivity index (χ0v) is 14.6. The van der Waals surface area contributed by atoms with Gasteiger partial charge >= 0.3 is 5.97 Å². The Morgan fingerprint density at radius 3 is 2.58 bits per heavy atom. The van der Waals surface area contributed by atoms with Gasteiger partial charge in [0.05, 0.1) is 5.39 Å². The standard InChI is InChI=1S/C21H20N2O3/c1-2-23-12-18(21(25)26)19(24)17-10-14(11-22-20(17)23)7-13-8-15-5-3-4-6-16(15)9-13/h3-6,10-13H,2,7-9H2,1H3,(H,25,26). The molecule has 132 valence electrons. The maximum absolute atomic E-state index is 12.6. The van der Waals surface area contributed by atoms with Crippen LogP contribution in [0, 0.1) is 5.92 Å². The molecule has 5 nitrogen and oxygen atoms in total. The molecule has 3 aromatic rings. The molecule has 0 spiro atoms. The van der Waals surface area contributed by atoms with Crippen molar-refractivity contribution >= 4 is 17.0 Å². The molecule has 2 aromatic heterocycles. The molecule has 2 heterocycles. The largest absolute Gasteiger partial charge is 0.477 e. The molecule has 0 atom stereocenters. The van der Waals surface area contributed by atoms with Gasteiger partial charge in [0.2, 0.25) is 5.43 Å². The minimum Gasteiger partial charge on any atom is -0.477 e. The molecule has 0 amide bonds. The topological polar surface area (TPSA) is 72.2 Å². The van der Waals surface area contributed by atoms with E-state index in [2.05, 4.69) is 29.2 Å². The van der Waals surface area contributed by atoms with E-state index in [-0.39, 0.29) is 5.56 Å². The molecule has 26 heavy (non-hydrogen) atoms. The van der Waals surface area contributed by atoms with Crippen molar-refractivity contribution in [2.75, 3.05) is 0 Å². The van der Waals surface area contributed by atoms with E-state index in [9.17, 15) is 14.7 Å². The van der Waals surface area contributed by atoms with Crippen LogP contribution < -0.4 is 5.43 Å². The van der Waals surface area contributed by atoms with Gasteiger partial charge in [-0.25, -0.2) is 9.78 Å². The van der Waals surface area contributed by atoms with Gasteiger partial charge in [-0.2, -0.15) is 0 Å². The molecular formula is C21H20N2O3. The molecule has 0 fully saturated rings. The number of fused-ring (bicyclic) bond motifs is 2. The van der Waals surface area contributed by atoms with Crippen molar-refractivity contribution in [3.8, 4) is 0 Å². The number of aromatic nitrogens is 2. The monoisotopic (exact) mass is 348 g/mol. The molecule has 0 aliphatic heterocycles. The first-order valence-electron chi connectivity index (χ1n) is 8.89. The molecule has 0 saturated heterocycles. The molecule has 1 N–H and O–H groups in total. The van der Waals surface area contributed by atoms with Gasteiger partial charge in [0, 0.05) is 18.9 Å². The van der Waals surface area contributed by atoms with Crippen LogP contribution in [-0.2, 0) is 25.8 Å². The summed E-state index contributed by atoms with van der Waals surface area (Å²) < 4.78 is 1.72. The van der Waals surface area contributed by atoms with Gasteiger partial charge in [-0.15, -0.1) is 0 Å². The van der Waals surface area contributed by atoms with Gasteiger partial charge in [0.15, 0.2) is 0 Å². The third kappa shape index (κ3) is 2.79. The molecule has 4 rings (SSSR count). The quantitative estimate of drug-likeness (QED) is 0.786. The Kier molecular flexibility index (Phi) is 4.07. The maximum Gasteiger partial charge on any atom is 0.341 e. The fraction of sp³-hybridized carbons (Fsp3) is 0.286. The van der Waals surface area contributed by atoms with Crippen LogP contribution in [-0.4, -0.2) is 20.6 Å². The number of carbonyl (C=O) groups is 1. The number of hydrogen-bond acceptors (Lipinski definition) is 3. The SMILES string of the molecule is CCn1cc(C(=O)O)c(=O)c2cc(CC3Cc4ccccc4C3)cnc21. The lowest BCUT2D eigenvalue weighted by molar-refractivity contribution is 0.0695. The highest BCUT2D eigenvalue weighted by Crippen LogP contribution is 2.29. The Morgan fingerprint density at radius 2 is 1.96 bits per heavy atom. The minimum absolute atomic E-state index is 0.202. The second-order valence-corrected chi connectivity index (χ2v) is 6.92. The van der Waals surface area contributed by atoms with Gasteiger partial charge in [-0.3, -0.25) is 4.79 Å². The highest BCUT2D eigenvalue weighted by atomic mass is 16.4. The van der Waals surface area contributed by atoms with Crippen LogP contribution in [0.2, 0.25) is 0 Å². The lowest BCUT2D eigenvalue weighted by atomic mass is 9.97. The predicted molar refractivity (Wildman–Crippen MR) is 99.7 cm³/mol. The zero-order valence-electron chi connectivity index (χ0n) is 14.6. The van der Waals surface area contributed by atoms with Gasteiger partial charge in [0.25, 0.3) is 0 Å². The van der Waals surface area contributed by atoms with Gasteiger partial charge in [-0.1, -0.05) is 24.3 Å². The number of pyridine rings is 2. The van der Waals surface area contributed by atoms with Crippen molar-refractivity contribution in [1.29, 1.82) is 0 Å². The smallest absolute Gasteiger partial charge is 0.341 e. The van der Waals surface area contributed by atoms with Crippen molar-refractivity contribution in [1.82, 2.24) is 9.55 Å². The Morgan fingerprint density at radius 1 is 1.27 bits per heavy atom. The first-order valence-corrected chi connectivity index (χ1v) is 8.89. The molecule has 0 bridgehead atoms. The van der Waals surface area contributed by atoms with Crippen LogP contribution in [0.3, 0.4) is 0 Å². The lowest BCUT2D eigenvalue weighted by Crippen LogP contribution is -2.19. The minimum atomic E-state index is -1.20. The van der Waals surface area contributed by atoms with E-state index in [0.29, 0.717) is 23.5 Å². The molecule has 5 heteroatoms. The molecule has 0 saturated carbocycles. The third-order valence-corrected chi connectivity index (χ3v) is 5.20. The highest BCUT2D eigenvalue weighted by Gasteiger charge is 2.22. The summed E-state index contributed by atoms with van der Waals surface area (Å²) in [6, 6.07) is 10.3. The number of aromatic carboxylic acids is 1. The predicted octanol–water partition coefficient (Wildman–Crippen LogP) is 3.07. The van der Waals surface area contributed by atoms with Crippen molar-refractivity contribution in [2.45, 2.75) is 32.7 Å². The summed E-state index contributed by atoms with van der Waals surface area (Å²) in [5, 5.41) is 9.70. The number of nitrogens with zero attached hydrogens (tertiary/aromatic N) is 2. The Bertz CT molecular complexity index is 1040. The van der Waals surface area contributed by atoms with Crippen molar-refractivity contribution < 1.29 is 9.90 Å². The normalized spacial score (nSPS) is 13.9. The van der Waals surface area contributed by atoms with E-state index >= 15 is 0 Å². The number of rotatable bonds is 4. The molecule has 1 aromatic carbocycles. The summed E-state index contributed by atoms with van der Waals surface area (Å²) in [6.45, 7) is 2.46. The number of benzene rings is 1. The van der Waals surface area contributed by atoms with Crippen LogP contribution in [0.25, 0.3) is 11.0 Å². The fourth-order valence-corrected chi connectivity index (χ4v) is 3.95. The summed E-state index contributed by atoms with van der Waals surface area (Å²) >= 11 is 0. The molecule has 0 radical (unpaired) electrons. The van der Waals surface area contributed by atoms with Crippen LogP contribution in [0.1, 0.15) is 34.0 Å². The number of aryl methyl sites for hydroxylation is 1. The van der Waals surface area contributed by atoms with Crippen molar-refractivity contribution in [2.24, 2.45) is 5.92 Å². The third-order valence-electron chi connectivity index (χ3n) is 5.20. The van der Waals surface area contributed by atoms with Gasteiger partial charge in [-0.05, 0) is 54.9 Å². The summed E-state index contributed by atoms with van der Waals surface area (Å²) in [6.07, 6.45) is 6.09. The van der Waals surface area contributed by atoms with E-state index in [1.807, 2.05) is 19.2 Å². The summed E-state index contributed by atoms with van der Waals surface area (Å²) in [7, 11) is 0. The number of hydrogen-bond donors (Lipinski definition) is 1. The lowest BCUT2D eigenvalue weighted by Gasteiger charge is -2.12. The van der Waals surface area contributed by atoms with Crippen LogP contribution in [0.4, 0.5) is 0 Å². The van der Waals surface area contributed by atoms with Gasteiger partial charge in [0.1, 0.15) is 11.2 Å². The van der Waals surface area contributed by atoms with Gasteiger partial charge < -0.3 is 9.67 Å². The molecule has 1 aliphatic rings. The first-order chi connectivity index (χ1) is 12.6. The van der Waals surface area contributed by atoms with E-state index in [4.69, 9.17) is 0 Å². The van der Waals surface area contributed by atoms with E-state index in [1.165, 1.54) is 17.3 Å². The van der Waals surface area contributed by atoms with Crippen LogP contribution in [0.5, 0.6) is 0 Å². The molecule has 1 aliphatic carbocycles. The fourth-order valence-electron chi connectivity index (χ4n) is 3.95. The highest BCUT2D eigenvalue weighted by molar-refractivity contribution is 5.91. The summed E-state index contributed by atoms with van der Waals surface area (Å²) in [5.41, 5.74) is 3.66. The number of carboxylic acids is 1. The first kappa shape index (κ1) is 16.5. The molecular weight excluding hydrogens is 328 g/mol. The van der Waals surface area contributed by atoms with Crippen molar-refractivity contribution in [3.63, 3.8) is 0 Å². The van der Waals surface area contributed by atoms with Crippen molar-refractivity contribution in [3.05, 3.63) is 75.2 Å². The maximum atomic E-state index is 12.6. The van der Waals surface area contributed by atoms with E-state index in [0.717, 1.165) is 24.8 Å². The Hall–Kier alpha value is -2.95.